The van der Waals surface area contributed by atoms with Gasteiger partial charge >= 0.3 is 5.97 Å². The monoisotopic (exact) mass is 345 g/mol. The fourth-order valence-corrected chi connectivity index (χ4v) is 2.24. The van der Waals surface area contributed by atoms with Crippen LogP contribution in [0.4, 0.5) is 0 Å². The Hall–Kier alpha value is -1.10. The Labute approximate surface area is 146 Å². The Kier molecular flexibility index (Phi) is 16.6. The smallest absolute Gasteiger partial charge is 0.310 e. The third-order valence-electron chi connectivity index (χ3n) is 3.60. The highest BCUT2D eigenvalue weighted by molar-refractivity contribution is 5.85. The van der Waals surface area contributed by atoms with Gasteiger partial charge < -0.3 is 15.1 Å². The van der Waals surface area contributed by atoms with E-state index in [9.17, 15) is 4.79 Å². The molecule has 0 bridgehead atoms. The van der Waals surface area contributed by atoms with E-state index in [1.54, 1.807) is 0 Å². The lowest BCUT2D eigenvalue weighted by atomic mass is 9.95. The van der Waals surface area contributed by atoms with Crippen molar-refractivity contribution in [3.05, 3.63) is 35.9 Å². The van der Waals surface area contributed by atoms with Crippen LogP contribution in [0.2, 0.25) is 0 Å². The first-order valence-corrected chi connectivity index (χ1v) is 8.21. The Balaban J connectivity index is 0. The van der Waals surface area contributed by atoms with E-state index < -0.39 is 5.97 Å². The predicted octanol–water partition coefficient (Wildman–Crippen LogP) is 3.79. The number of halogens is 1. The lowest BCUT2D eigenvalue weighted by Crippen LogP contribution is -2.24. The summed E-state index contributed by atoms with van der Waals surface area (Å²) in [6, 6.07) is 9.39. The Bertz CT molecular complexity index is 383. The summed E-state index contributed by atoms with van der Waals surface area (Å²) in [4.78, 5) is 13.2. The van der Waals surface area contributed by atoms with E-state index in [1.165, 1.54) is 0 Å². The molecule has 5 heteroatoms. The van der Waals surface area contributed by atoms with Gasteiger partial charge in [-0.1, -0.05) is 57.5 Å². The molecule has 0 spiro atoms. The number of aliphatic hydroxyl groups is 1. The average molecular weight is 346 g/mol. The van der Waals surface area contributed by atoms with Crippen LogP contribution < -0.4 is 0 Å². The summed E-state index contributed by atoms with van der Waals surface area (Å²) in [5.74, 6) is -1.07. The van der Waals surface area contributed by atoms with E-state index in [2.05, 4.69) is 18.7 Å². The summed E-state index contributed by atoms with van der Waals surface area (Å²) >= 11 is 0. The number of hydrogen-bond donors (Lipinski definition) is 2. The Morgan fingerprint density at radius 1 is 1.13 bits per heavy atom. The van der Waals surface area contributed by atoms with Gasteiger partial charge in [-0.25, -0.2) is 0 Å². The highest BCUT2D eigenvalue weighted by Crippen LogP contribution is 2.20. The number of nitrogens with zero attached hydrogens (tertiary/aromatic N) is 1. The molecule has 0 saturated carbocycles. The molecule has 1 rings (SSSR count). The largest absolute Gasteiger partial charge is 0.481 e. The molecule has 4 nitrogen and oxygen atoms in total. The molecule has 1 unspecified atom stereocenters. The molecule has 1 aromatic rings. The normalized spacial score (nSPS) is 11.2. The number of carbonyl (C=O) groups is 1. The molecule has 23 heavy (non-hydrogen) atoms. The standard InChI is InChI=1S/C11H14O2.C7H17NO.ClH/c1-2-6-10(11(12)13)9-7-4-3-5-8-9;1-3-8(4-2)6-5-7-9;/h3-5,7-8,10H,2,6H2,1H3,(H,12,13);9H,3-7H2,1-2H3;1H. The van der Waals surface area contributed by atoms with Gasteiger partial charge in [-0.15, -0.1) is 12.4 Å². The summed E-state index contributed by atoms with van der Waals surface area (Å²) in [7, 11) is 0. The molecule has 2 N–H and O–H groups in total. The Morgan fingerprint density at radius 3 is 2.09 bits per heavy atom. The molecule has 134 valence electrons. The van der Waals surface area contributed by atoms with Crippen LogP contribution in [0.25, 0.3) is 0 Å². The van der Waals surface area contributed by atoms with Gasteiger partial charge in [-0.05, 0) is 31.5 Å². The van der Waals surface area contributed by atoms with Gasteiger partial charge in [0.1, 0.15) is 0 Å². The summed E-state index contributed by atoms with van der Waals surface area (Å²) in [6.07, 6.45) is 2.51. The van der Waals surface area contributed by atoms with E-state index in [0.29, 0.717) is 13.0 Å². The molecule has 0 aliphatic rings. The minimum Gasteiger partial charge on any atom is -0.481 e. The first-order chi connectivity index (χ1) is 10.6. The lowest BCUT2D eigenvalue weighted by molar-refractivity contribution is -0.139. The highest BCUT2D eigenvalue weighted by Gasteiger charge is 2.17. The first kappa shape index (κ1) is 24.2. The van der Waals surface area contributed by atoms with Crippen molar-refractivity contribution in [1.29, 1.82) is 0 Å². The number of benzene rings is 1. The SMILES string of the molecule is CCCC(C(=O)O)c1ccccc1.CCN(CC)CCCO.Cl. The van der Waals surface area contributed by atoms with E-state index in [1.807, 2.05) is 37.3 Å². The zero-order valence-electron chi connectivity index (χ0n) is 14.6. The maximum atomic E-state index is 10.9. The third kappa shape index (κ3) is 11.1. The van der Waals surface area contributed by atoms with Crippen molar-refractivity contribution >= 4 is 18.4 Å². The van der Waals surface area contributed by atoms with Gasteiger partial charge in [0.15, 0.2) is 0 Å². The highest BCUT2D eigenvalue weighted by atomic mass is 35.5. The van der Waals surface area contributed by atoms with Crippen LogP contribution >= 0.6 is 12.4 Å². The summed E-state index contributed by atoms with van der Waals surface area (Å²) < 4.78 is 0. The molecule has 0 aromatic heterocycles. The zero-order valence-corrected chi connectivity index (χ0v) is 15.4. The van der Waals surface area contributed by atoms with Crippen LogP contribution in [-0.2, 0) is 4.79 Å². The van der Waals surface area contributed by atoms with Gasteiger partial charge in [0.25, 0.3) is 0 Å². The van der Waals surface area contributed by atoms with Crippen LogP contribution in [-0.4, -0.2) is 47.3 Å². The van der Waals surface area contributed by atoms with Crippen molar-refractivity contribution in [2.45, 2.75) is 46.0 Å². The second kappa shape index (κ2) is 15.8. The van der Waals surface area contributed by atoms with Gasteiger partial charge in [-0.2, -0.15) is 0 Å². The molecular formula is C18H32ClNO3. The van der Waals surface area contributed by atoms with E-state index >= 15 is 0 Å². The minimum atomic E-state index is -0.729. The molecule has 0 aliphatic carbocycles. The van der Waals surface area contributed by atoms with Gasteiger partial charge in [0.2, 0.25) is 0 Å². The number of carboxylic acid groups (broad SMARTS) is 1. The van der Waals surface area contributed by atoms with Gasteiger partial charge in [-0.3, -0.25) is 4.79 Å². The van der Waals surface area contributed by atoms with Crippen molar-refractivity contribution < 1.29 is 15.0 Å². The van der Waals surface area contributed by atoms with E-state index in [-0.39, 0.29) is 18.3 Å². The van der Waals surface area contributed by atoms with Crippen molar-refractivity contribution in [3.63, 3.8) is 0 Å². The first-order valence-electron chi connectivity index (χ1n) is 8.21. The minimum absolute atomic E-state index is 0. The number of aliphatic carboxylic acids is 1. The molecule has 0 radical (unpaired) electrons. The fourth-order valence-electron chi connectivity index (χ4n) is 2.24. The van der Waals surface area contributed by atoms with Crippen molar-refractivity contribution in [2.75, 3.05) is 26.2 Å². The maximum Gasteiger partial charge on any atom is 0.310 e. The number of rotatable bonds is 9. The van der Waals surface area contributed by atoms with E-state index in [0.717, 1.165) is 38.0 Å². The van der Waals surface area contributed by atoms with Crippen LogP contribution in [0.15, 0.2) is 30.3 Å². The summed E-state index contributed by atoms with van der Waals surface area (Å²) in [5.41, 5.74) is 0.900. The predicted molar refractivity (Wildman–Crippen MR) is 98.5 cm³/mol. The Morgan fingerprint density at radius 2 is 1.70 bits per heavy atom. The second-order valence-electron chi connectivity index (χ2n) is 5.19. The fraction of sp³-hybridized carbons (Fsp3) is 0.611. The molecule has 0 fully saturated rings. The van der Waals surface area contributed by atoms with Crippen molar-refractivity contribution in [1.82, 2.24) is 4.90 Å². The van der Waals surface area contributed by atoms with E-state index in [4.69, 9.17) is 10.2 Å². The summed E-state index contributed by atoms with van der Waals surface area (Å²) in [6.45, 7) is 9.81. The topological polar surface area (TPSA) is 60.8 Å². The van der Waals surface area contributed by atoms with Crippen LogP contribution in [0.5, 0.6) is 0 Å². The zero-order chi connectivity index (χ0) is 16.8. The number of hydrogen-bond acceptors (Lipinski definition) is 3. The third-order valence-corrected chi connectivity index (χ3v) is 3.60. The van der Waals surface area contributed by atoms with Gasteiger partial charge in [0.05, 0.1) is 5.92 Å². The van der Waals surface area contributed by atoms with Crippen molar-refractivity contribution in [2.24, 2.45) is 0 Å². The second-order valence-corrected chi connectivity index (χ2v) is 5.19. The molecule has 0 aliphatic heterocycles. The molecule has 0 amide bonds. The average Bonchev–Trinajstić information content (AvgIpc) is 2.55. The van der Waals surface area contributed by atoms with Crippen LogP contribution in [0, 0.1) is 0 Å². The molecule has 0 heterocycles. The molecule has 1 aromatic carbocycles. The van der Waals surface area contributed by atoms with Gasteiger partial charge in [0, 0.05) is 13.2 Å². The maximum absolute atomic E-state index is 10.9. The number of aliphatic hydroxyl groups excluding tert-OH is 1. The van der Waals surface area contributed by atoms with Crippen LogP contribution in [0.3, 0.4) is 0 Å². The van der Waals surface area contributed by atoms with Crippen molar-refractivity contribution in [3.8, 4) is 0 Å². The lowest BCUT2D eigenvalue weighted by Gasteiger charge is -2.16. The summed E-state index contributed by atoms with van der Waals surface area (Å²) in [5, 5.41) is 17.4. The molecule has 1 atom stereocenters. The quantitative estimate of drug-likeness (QED) is 0.714. The number of carboxylic acids is 1. The molecular weight excluding hydrogens is 314 g/mol. The molecule has 0 saturated heterocycles. The van der Waals surface area contributed by atoms with Crippen LogP contribution in [0.1, 0.15) is 51.5 Å².